The lowest BCUT2D eigenvalue weighted by Gasteiger charge is -2.14. The third-order valence-corrected chi connectivity index (χ3v) is 2.68. The molecule has 0 aliphatic rings. The number of aliphatic imine (C=N–C) groups is 1. The molecule has 126 valence electrons. The molecule has 0 aliphatic heterocycles. The molecule has 0 fully saturated rings. The minimum absolute atomic E-state index is 0. The van der Waals surface area contributed by atoms with Gasteiger partial charge in [0.15, 0.2) is 17.5 Å². The maximum absolute atomic E-state index is 5.52. The van der Waals surface area contributed by atoms with Crippen molar-refractivity contribution in [3.8, 4) is 11.5 Å². The maximum Gasteiger partial charge on any atom is 0.195 e. The summed E-state index contributed by atoms with van der Waals surface area (Å²) in [5.41, 5.74) is 0.916. The number of ether oxygens (including phenoxy) is 2. The zero-order chi connectivity index (χ0) is 15.7. The fourth-order valence-electron chi connectivity index (χ4n) is 1.74. The summed E-state index contributed by atoms with van der Waals surface area (Å²) in [5, 5.41) is 6.51. The molecule has 0 unspecified atom stereocenters. The number of rotatable bonds is 7. The average Bonchev–Trinajstić information content (AvgIpc) is 2.46. The lowest BCUT2D eigenvalue weighted by Crippen LogP contribution is -2.31. The first-order valence-corrected chi connectivity index (χ1v) is 7.46. The average molecular weight is 421 g/mol. The number of benzene rings is 1. The molecule has 2 N–H and O–H groups in total. The van der Waals surface area contributed by atoms with Gasteiger partial charge >= 0.3 is 0 Å². The van der Waals surface area contributed by atoms with Crippen LogP contribution in [-0.4, -0.2) is 32.8 Å². The predicted octanol–water partition coefficient (Wildman–Crippen LogP) is 3.75. The van der Waals surface area contributed by atoms with Crippen LogP contribution >= 0.6 is 24.0 Å². The van der Waals surface area contributed by atoms with Crippen LogP contribution in [0.15, 0.2) is 23.2 Å². The summed E-state index contributed by atoms with van der Waals surface area (Å²) < 4.78 is 10.9. The van der Waals surface area contributed by atoms with Crippen LogP contribution in [0.1, 0.15) is 27.7 Å². The molecule has 0 radical (unpaired) electrons. The summed E-state index contributed by atoms with van der Waals surface area (Å²) in [5.74, 6) is 2.75. The Balaban J connectivity index is 0.00000441. The third-order valence-electron chi connectivity index (χ3n) is 2.68. The van der Waals surface area contributed by atoms with Crippen molar-refractivity contribution in [2.45, 2.75) is 27.7 Å². The zero-order valence-electron chi connectivity index (χ0n) is 14.1. The Bertz CT molecular complexity index is 465. The first-order valence-electron chi connectivity index (χ1n) is 7.46. The molecule has 0 saturated heterocycles. The number of halogens is 1. The molecule has 22 heavy (non-hydrogen) atoms. The highest BCUT2D eigenvalue weighted by atomic mass is 127. The highest BCUT2D eigenvalue weighted by molar-refractivity contribution is 14.0. The van der Waals surface area contributed by atoms with Gasteiger partial charge in [0.1, 0.15) is 0 Å². The number of guanidine groups is 1. The second kappa shape index (κ2) is 11.4. The largest absolute Gasteiger partial charge is 0.493 e. The Kier molecular flexibility index (Phi) is 10.8. The molecule has 0 amide bonds. The molecule has 5 nitrogen and oxygen atoms in total. The van der Waals surface area contributed by atoms with Crippen molar-refractivity contribution in [1.29, 1.82) is 0 Å². The van der Waals surface area contributed by atoms with Gasteiger partial charge in [0.25, 0.3) is 0 Å². The van der Waals surface area contributed by atoms with Gasteiger partial charge in [-0.2, -0.15) is 0 Å². The van der Waals surface area contributed by atoms with Gasteiger partial charge in [-0.25, -0.2) is 0 Å². The van der Waals surface area contributed by atoms with Crippen molar-refractivity contribution in [2.24, 2.45) is 10.9 Å². The first-order chi connectivity index (χ1) is 10.1. The summed E-state index contributed by atoms with van der Waals surface area (Å²) in [6, 6.07) is 5.76. The smallest absolute Gasteiger partial charge is 0.195 e. The fourth-order valence-corrected chi connectivity index (χ4v) is 1.74. The van der Waals surface area contributed by atoms with Crippen LogP contribution in [0.3, 0.4) is 0 Å². The van der Waals surface area contributed by atoms with Crippen molar-refractivity contribution < 1.29 is 9.47 Å². The van der Waals surface area contributed by atoms with E-state index < -0.39 is 0 Å². The predicted molar refractivity (Wildman–Crippen MR) is 104 cm³/mol. The molecule has 0 aliphatic carbocycles. The van der Waals surface area contributed by atoms with E-state index in [2.05, 4.69) is 29.5 Å². The third kappa shape index (κ3) is 7.20. The minimum Gasteiger partial charge on any atom is -0.493 e. The van der Waals surface area contributed by atoms with E-state index in [1.807, 2.05) is 32.0 Å². The number of nitrogens with zero attached hydrogens (tertiary/aromatic N) is 1. The van der Waals surface area contributed by atoms with Crippen molar-refractivity contribution in [3.63, 3.8) is 0 Å². The monoisotopic (exact) mass is 421 g/mol. The van der Waals surface area contributed by atoms with Crippen molar-refractivity contribution in [2.75, 3.05) is 32.1 Å². The van der Waals surface area contributed by atoms with E-state index in [0.29, 0.717) is 18.3 Å². The Labute approximate surface area is 150 Å². The van der Waals surface area contributed by atoms with Gasteiger partial charge in [-0.3, -0.25) is 4.99 Å². The van der Waals surface area contributed by atoms with E-state index in [9.17, 15) is 0 Å². The molecule has 0 bridgehead atoms. The van der Waals surface area contributed by atoms with E-state index in [4.69, 9.17) is 9.47 Å². The Morgan fingerprint density at radius 3 is 2.50 bits per heavy atom. The number of anilines is 1. The quantitative estimate of drug-likeness (QED) is 0.400. The molecular weight excluding hydrogens is 393 g/mol. The standard InChI is InChI=1S/C16H27N3O2.HI/c1-6-17-16(18-11-12(3)4)19-13-8-9-14(21-7-2)15(10-13)20-5;/h8-10,12H,6-7,11H2,1-5H3,(H2,17,18,19);1H. The normalized spacial score (nSPS) is 10.9. The summed E-state index contributed by atoms with van der Waals surface area (Å²) in [6.07, 6.45) is 0. The minimum atomic E-state index is 0. The molecule has 0 saturated carbocycles. The summed E-state index contributed by atoms with van der Waals surface area (Å²) in [4.78, 5) is 4.54. The maximum atomic E-state index is 5.52. The Morgan fingerprint density at radius 1 is 1.23 bits per heavy atom. The molecule has 0 heterocycles. The molecule has 0 atom stereocenters. The zero-order valence-corrected chi connectivity index (χ0v) is 16.4. The second-order valence-corrected chi connectivity index (χ2v) is 5.04. The lowest BCUT2D eigenvalue weighted by molar-refractivity contribution is 0.311. The van der Waals surface area contributed by atoms with Gasteiger partial charge in [-0.1, -0.05) is 13.8 Å². The van der Waals surface area contributed by atoms with Crippen LogP contribution in [0.4, 0.5) is 5.69 Å². The van der Waals surface area contributed by atoms with Crippen LogP contribution in [0.25, 0.3) is 0 Å². The van der Waals surface area contributed by atoms with Crippen LogP contribution in [0.5, 0.6) is 11.5 Å². The molecule has 1 aromatic rings. The molecule has 0 spiro atoms. The number of hydrogen-bond acceptors (Lipinski definition) is 3. The molecular formula is C16H28IN3O2. The van der Waals surface area contributed by atoms with Crippen LogP contribution in [0, 0.1) is 5.92 Å². The topological polar surface area (TPSA) is 54.9 Å². The number of nitrogens with one attached hydrogen (secondary N) is 2. The number of methoxy groups -OCH3 is 1. The van der Waals surface area contributed by atoms with Crippen molar-refractivity contribution in [1.82, 2.24) is 5.32 Å². The fraction of sp³-hybridized carbons (Fsp3) is 0.562. The van der Waals surface area contributed by atoms with E-state index in [-0.39, 0.29) is 24.0 Å². The van der Waals surface area contributed by atoms with Gasteiger partial charge in [-0.15, -0.1) is 24.0 Å². The van der Waals surface area contributed by atoms with Gasteiger partial charge in [0, 0.05) is 24.8 Å². The van der Waals surface area contributed by atoms with Gasteiger partial charge in [0.2, 0.25) is 0 Å². The molecule has 1 aromatic carbocycles. The van der Waals surface area contributed by atoms with E-state index in [0.717, 1.165) is 30.5 Å². The second-order valence-electron chi connectivity index (χ2n) is 5.04. The Hall–Kier alpha value is -1.18. The summed E-state index contributed by atoms with van der Waals surface area (Å²) >= 11 is 0. The van der Waals surface area contributed by atoms with Crippen LogP contribution < -0.4 is 20.1 Å². The highest BCUT2D eigenvalue weighted by Gasteiger charge is 2.07. The van der Waals surface area contributed by atoms with E-state index in [1.165, 1.54) is 0 Å². The van der Waals surface area contributed by atoms with Crippen LogP contribution in [-0.2, 0) is 0 Å². The van der Waals surface area contributed by atoms with E-state index >= 15 is 0 Å². The van der Waals surface area contributed by atoms with Gasteiger partial charge < -0.3 is 20.1 Å². The molecule has 0 aromatic heterocycles. The van der Waals surface area contributed by atoms with Gasteiger partial charge in [0.05, 0.1) is 13.7 Å². The Morgan fingerprint density at radius 2 is 1.95 bits per heavy atom. The number of hydrogen-bond donors (Lipinski definition) is 2. The highest BCUT2D eigenvalue weighted by Crippen LogP contribution is 2.30. The van der Waals surface area contributed by atoms with Gasteiger partial charge in [-0.05, 0) is 31.9 Å². The lowest BCUT2D eigenvalue weighted by atomic mass is 10.2. The summed E-state index contributed by atoms with van der Waals surface area (Å²) in [6.45, 7) is 10.5. The van der Waals surface area contributed by atoms with Crippen molar-refractivity contribution >= 4 is 35.6 Å². The SMILES string of the molecule is CCNC(=NCC(C)C)Nc1ccc(OCC)c(OC)c1.I. The summed E-state index contributed by atoms with van der Waals surface area (Å²) in [7, 11) is 1.64. The van der Waals surface area contributed by atoms with Crippen LogP contribution in [0.2, 0.25) is 0 Å². The van der Waals surface area contributed by atoms with E-state index in [1.54, 1.807) is 7.11 Å². The van der Waals surface area contributed by atoms with Crippen molar-refractivity contribution in [3.05, 3.63) is 18.2 Å². The molecule has 6 heteroatoms. The first kappa shape index (κ1) is 20.8. The molecule has 1 rings (SSSR count).